The van der Waals surface area contributed by atoms with Gasteiger partial charge >= 0.3 is 14.5 Å². The number of carbonyl (C=O) groups excluding carboxylic acids is 1. The number of benzene rings is 3. The van der Waals surface area contributed by atoms with E-state index < -0.39 is 20.1 Å². The number of rotatable bonds is 2. The fraction of sp³-hybridized carbons (Fsp3) is 0.0500. The Morgan fingerprint density at radius 2 is 1.69 bits per heavy atom. The summed E-state index contributed by atoms with van der Waals surface area (Å²) in [6.45, 7) is 0. The van der Waals surface area contributed by atoms with Gasteiger partial charge in [0.25, 0.3) is 0 Å². The smallest absolute Gasteiger partial charge is 0.343 e. The summed E-state index contributed by atoms with van der Waals surface area (Å²) < 4.78 is 17.0. The van der Waals surface area contributed by atoms with Crippen molar-refractivity contribution < 1.29 is 33.9 Å². The van der Waals surface area contributed by atoms with Crippen LogP contribution in [-0.4, -0.2) is 21.1 Å². The number of aromatic hydroxyl groups is 2. The number of hydrogen-bond donors (Lipinski definition) is 4. The fourth-order valence-electron chi connectivity index (χ4n) is 3.89. The number of carbonyl (C=O) groups is 1. The molecule has 2 atom stereocenters. The van der Waals surface area contributed by atoms with Crippen LogP contribution in [0.3, 0.4) is 0 Å². The number of phenolic OH excluding ortho intramolecular Hbond substituents is 2. The normalized spacial score (nSPS) is 19.6. The third-order valence-corrected chi connectivity index (χ3v) is 5.37. The van der Waals surface area contributed by atoms with Crippen molar-refractivity contribution in [3.05, 3.63) is 76.9 Å². The second kappa shape index (κ2) is 6.09. The summed E-state index contributed by atoms with van der Waals surface area (Å²) in [4.78, 5) is 22.1. The van der Waals surface area contributed by atoms with E-state index in [9.17, 15) is 19.9 Å². The van der Waals surface area contributed by atoms with E-state index in [0.29, 0.717) is 22.4 Å². The van der Waals surface area contributed by atoms with E-state index in [1.54, 1.807) is 30.3 Å². The summed E-state index contributed by atoms with van der Waals surface area (Å²) in [7, 11) is -2.13. The van der Waals surface area contributed by atoms with E-state index in [0.717, 1.165) is 0 Å². The largest absolute Gasteiger partial charge is 0.508 e. The number of phenols is 2. The predicted octanol–water partition coefficient (Wildman–Crippen LogP) is 3.22. The van der Waals surface area contributed by atoms with Gasteiger partial charge in [0.15, 0.2) is 5.60 Å². The van der Waals surface area contributed by atoms with Crippen molar-refractivity contribution in [2.45, 2.75) is 5.60 Å². The van der Waals surface area contributed by atoms with Gasteiger partial charge in [-0.15, -0.1) is 0 Å². The first-order valence-electron chi connectivity index (χ1n) is 8.53. The maximum absolute atomic E-state index is 12.7. The van der Waals surface area contributed by atoms with E-state index >= 15 is 0 Å². The molecule has 3 aromatic rings. The molecule has 5 rings (SSSR count). The quantitative estimate of drug-likeness (QED) is 0.373. The van der Waals surface area contributed by atoms with E-state index in [1.807, 2.05) is 0 Å². The highest BCUT2D eigenvalue weighted by molar-refractivity contribution is 7.43. The molecule has 1 spiro atoms. The second-order valence-electron chi connectivity index (χ2n) is 6.60. The zero-order valence-corrected chi connectivity index (χ0v) is 15.6. The number of fused-ring (bicyclic) bond motifs is 6. The second-order valence-corrected chi connectivity index (χ2v) is 7.39. The van der Waals surface area contributed by atoms with Crippen molar-refractivity contribution >= 4 is 14.5 Å². The number of nitrogens with two attached hydrogens (primary N) is 1. The zero-order valence-electron chi connectivity index (χ0n) is 14.7. The lowest BCUT2D eigenvalue weighted by Crippen LogP contribution is -2.32. The number of ether oxygens (including phenoxy) is 2. The molecule has 0 amide bonds. The zero-order chi connectivity index (χ0) is 20.3. The van der Waals surface area contributed by atoms with E-state index in [2.05, 4.69) is 0 Å². The van der Waals surface area contributed by atoms with Gasteiger partial charge in [-0.05, 0) is 30.3 Å². The first-order valence-corrected chi connectivity index (χ1v) is 9.81. The molecule has 2 heterocycles. The Kier molecular flexibility index (Phi) is 3.73. The molecule has 0 aromatic heterocycles. The maximum atomic E-state index is 12.7. The van der Waals surface area contributed by atoms with Gasteiger partial charge in [0.05, 0.1) is 0 Å². The van der Waals surface area contributed by atoms with Crippen LogP contribution in [0.15, 0.2) is 54.6 Å². The van der Waals surface area contributed by atoms with Gasteiger partial charge in [-0.3, -0.25) is 5.50 Å². The molecule has 0 radical (unpaired) electrons. The number of esters is 1. The highest BCUT2D eigenvalue weighted by atomic mass is 31.2. The van der Waals surface area contributed by atoms with E-state index in [-0.39, 0.29) is 28.6 Å². The molecule has 0 fully saturated rings. The van der Waals surface area contributed by atoms with Crippen LogP contribution in [0.2, 0.25) is 0 Å². The van der Waals surface area contributed by atoms with Crippen molar-refractivity contribution in [3.8, 4) is 28.7 Å². The minimum absolute atomic E-state index is 0.0314. The van der Waals surface area contributed by atoms with Crippen molar-refractivity contribution in [3.63, 3.8) is 0 Å². The molecule has 0 saturated carbocycles. The molecular weight excluding hydrogens is 397 g/mol. The standard InChI is InChI=1S/C20H14NO7P/c21-29(25)28-11-5-7-13-17(9-11)26-16-8-10(22)4-6-12(16)20(13)14-2-1-3-15(23)18(14)19(24)27-20/h1-9,22-23,25H,21H2. The van der Waals surface area contributed by atoms with Crippen molar-refractivity contribution in [2.75, 3.05) is 0 Å². The summed E-state index contributed by atoms with van der Waals surface area (Å²) in [6.07, 6.45) is 0. The average molecular weight is 411 g/mol. The van der Waals surface area contributed by atoms with E-state index in [1.165, 1.54) is 24.3 Å². The molecule has 2 aliphatic heterocycles. The van der Waals surface area contributed by atoms with E-state index in [4.69, 9.17) is 19.5 Å². The lowest BCUT2D eigenvalue weighted by atomic mass is 9.77. The Labute approximate surface area is 165 Å². The third kappa shape index (κ3) is 2.47. The van der Waals surface area contributed by atoms with Crippen LogP contribution < -0.4 is 14.8 Å². The highest BCUT2D eigenvalue weighted by Crippen LogP contribution is 2.58. The molecule has 146 valence electrons. The molecule has 3 aromatic carbocycles. The maximum Gasteiger partial charge on any atom is 0.343 e. The van der Waals surface area contributed by atoms with Gasteiger partial charge in [0.1, 0.15) is 34.3 Å². The van der Waals surface area contributed by atoms with Crippen LogP contribution in [0.5, 0.6) is 28.7 Å². The summed E-state index contributed by atoms with van der Waals surface area (Å²) in [5, 5.41) is 20.2. The van der Waals surface area contributed by atoms with Crippen LogP contribution in [-0.2, 0) is 10.3 Å². The Bertz CT molecular complexity index is 1180. The minimum Gasteiger partial charge on any atom is -0.508 e. The van der Waals surface area contributed by atoms with Gasteiger partial charge in [0, 0.05) is 28.8 Å². The Hall–Kier alpha value is -3.32. The first-order chi connectivity index (χ1) is 13.9. The summed E-state index contributed by atoms with van der Waals surface area (Å²) in [5.41, 5.74) is 5.48. The molecule has 2 unspecified atom stereocenters. The van der Waals surface area contributed by atoms with Crippen LogP contribution in [0.25, 0.3) is 0 Å². The van der Waals surface area contributed by atoms with Gasteiger partial charge in [-0.2, -0.15) is 0 Å². The van der Waals surface area contributed by atoms with Gasteiger partial charge in [-0.25, -0.2) is 4.79 Å². The van der Waals surface area contributed by atoms with Gasteiger partial charge in [0.2, 0.25) is 0 Å². The molecule has 8 nitrogen and oxygen atoms in total. The predicted molar refractivity (Wildman–Crippen MR) is 102 cm³/mol. The van der Waals surface area contributed by atoms with Crippen LogP contribution in [0.4, 0.5) is 0 Å². The van der Waals surface area contributed by atoms with Crippen LogP contribution >= 0.6 is 8.53 Å². The summed E-state index contributed by atoms with van der Waals surface area (Å²) in [5.74, 6) is -0.0629. The molecule has 0 aliphatic carbocycles. The Balaban J connectivity index is 1.82. The highest BCUT2D eigenvalue weighted by Gasteiger charge is 2.54. The van der Waals surface area contributed by atoms with Gasteiger partial charge in [-0.1, -0.05) is 12.1 Å². The number of hydrogen-bond acceptors (Lipinski definition) is 8. The van der Waals surface area contributed by atoms with Crippen LogP contribution in [0, 0.1) is 0 Å². The molecule has 5 N–H and O–H groups in total. The van der Waals surface area contributed by atoms with Crippen LogP contribution in [0.1, 0.15) is 27.0 Å². The molecule has 9 heteroatoms. The Morgan fingerprint density at radius 3 is 2.45 bits per heavy atom. The lowest BCUT2D eigenvalue weighted by Gasteiger charge is -2.36. The molecule has 0 saturated heterocycles. The SMILES string of the molecule is NP(O)Oc1ccc2c(c1)Oc1cc(O)ccc1C21OC(=O)c2c(O)cccc21. The fourth-order valence-corrected chi connectivity index (χ4v) is 4.22. The molecule has 2 aliphatic rings. The average Bonchev–Trinajstić information content (AvgIpc) is 2.95. The minimum atomic E-state index is -2.13. The topological polar surface area (TPSA) is 131 Å². The van der Waals surface area contributed by atoms with Crippen molar-refractivity contribution in [1.82, 2.24) is 0 Å². The lowest BCUT2D eigenvalue weighted by molar-refractivity contribution is 0.0223. The molecular formula is C20H14NO7P. The first kappa shape index (κ1) is 17.8. The van der Waals surface area contributed by atoms with Crippen molar-refractivity contribution in [1.29, 1.82) is 0 Å². The monoisotopic (exact) mass is 411 g/mol. The molecule has 0 bridgehead atoms. The summed E-state index contributed by atoms with van der Waals surface area (Å²) in [6, 6.07) is 13.9. The summed E-state index contributed by atoms with van der Waals surface area (Å²) >= 11 is 0. The van der Waals surface area contributed by atoms with Gasteiger partial charge < -0.3 is 29.1 Å². The molecule has 29 heavy (non-hydrogen) atoms. The third-order valence-electron chi connectivity index (χ3n) is 4.97. The van der Waals surface area contributed by atoms with Crippen molar-refractivity contribution in [2.24, 2.45) is 5.50 Å². The Morgan fingerprint density at radius 1 is 0.966 bits per heavy atom.